The Kier molecular flexibility index (Phi) is 11.0. The number of anilines is 1. The molecule has 1 atom stereocenters. The van der Waals surface area contributed by atoms with Gasteiger partial charge in [0, 0.05) is 48.1 Å². The van der Waals surface area contributed by atoms with Crippen molar-refractivity contribution in [3.8, 4) is 11.5 Å². The first-order valence-electron chi connectivity index (χ1n) is 19.3. The molecular weight excluding hydrogens is 800 g/mol. The van der Waals surface area contributed by atoms with Gasteiger partial charge in [0.25, 0.3) is 17.7 Å². The molecular formula is C42H39FN6O10S. The summed E-state index contributed by atoms with van der Waals surface area (Å²) >= 11 is 0. The van der Waals surface area contributed by atoms with Crippen molar-refractivity contribution in [2.24, 2.45) is 0 Å². The molecule has 4 heterocycles. The van der Waals surface area contributed by atoms with Crippen molar-refractivity contribution in [3.63, 3.8) is 0 Å². The molecule has 3 fully saturated rings. The number of carbonyl (C=O) groups is 6. The van der Waals surface area contributed by atoms with E-state index in [9.17, 15) is 37.2 Å². The van der Waals surface area contributed by atoms with E-state index in [1.54, 1.807) is 59.5 Å². The van der Waals surface area contributed by atoms with Crippen molar-refractivity contribution in [3.05, 3.63) is 107 Å². The molecule has 16 nitrogen and oxygen atoms in total. The maximum Gasteiger partial charge on any atom is 0.326 e. The van der Waals surface area contributed by atoms with Crippen LogP contribution in [0.25, 0.3) is 16.8 Å². The van der Waals surface area contributed by atoms with Gasteiger partial charge in [0.2, 0.25) is 17.7 Å². The Morgan fingerprint density at radius 2 is 1.67 bits per heavy atom. The number of benzene rings is 4. The predicted molar refractivity (Wildman–Crippen MR) is 214 cm³/mol. The van der Waals surface area contributed by atoms with Crippen molar-refractivity contribution in [1.29, 1.82) is 0 Å². The Hall–Kier alpha value is -6.82. The van der Waals surface area contributed by atoms with E-state index in [0.717, 1.165) is 5.56 Å². The maximum absolute atomic E-state index is 16.4. The standard InChI is InChI=1S/C42H39FN6O10S/c43-39-30-19-25(9-11-27(30)20-34(58-23-26-5-2-1-3-6-26)40(39)49-22-37(52)46-60(49,56)57)10-13-35(50)44-28-15-17-47(18-16-28)38(53)24-59-33-8-4-7-29-31(33)21-48(42(29)55)32-12-14-36(51)45-41(32)54/h1-11,13,19-20,28,32H,12,14-18,21-24H2,(H,44,50)(H,46,52)(H,45,51,54). The highest BCUT2D eigenvalue weighted by Gasteiger charge is 2.41. The van der Waals surface area contributed by atoms with Crippen LogP contribution in [0.2, 0.25) is 0 Å². The Labute approximate surface area is 343 Å². The molecule has 0 saturated carbocycles. The Morgan fingerprint density at radius 1 is 0.883 bits per heavy atom. The van der Waals surface area contributed by atoms with Crippen LogP contribution in [0.5, 0.6) is 11.5 Å². The number of amides is 6. The fourth-order valence-corrected chi connectivity index (χ4v) is 8.94. The number of ether oxygens (including phenoxy) is 2. The summed E-state index contributed by atoms with van der Waals surface area (Å²) in [6, 6.07) is 19.3. The normalized spacial score (nSPS) is 19.1. The third-order valence-corrected chi connectivity index (χ3v) is 12.2. The van der Waals surface area contributed by atoms with Gasteiger partial charge in [-0.1, -0.05) is 48.5 Å². The lowest BCUT2D eigenvalue weighted by Crippen LogP contribution is -2.52. The van der Waals surface area contributed by atoms with Gasteiger partial charge in [0.15, 0.2) is 12.4 Å². The monoisotopic (exact) mass is 838 g/mol. The maximum atomic E-state index is 16.4. The SMILES string of the molecule is O=C(C=Cc1ccc2cc(OCc3ccccc3)c(N3CC(=O)NS3(=O)=O)c(F)c2c1)NC1CCN(C(=O)COc2cccc3c2CN(C2CCC(=O)NC2=O)C3=O)CC1. The number of piperidine rings is 2. The number of hydrogen-bond donors (Lipinski definition) is 3. The second kappa shape index (κ2) is 16.4. The summed E-state index contributed by atoms with van der Waals surface area (Å²) in [5.74, 6) is -3.34. The quantitative estimate of drug-likeness (QED) is 0.149. The molecule has 4 aliphatic rings. The number of fused-ring (bicyclic) bond motifs is 2. The van der Waals surface area contributed by atoms with E-state index >= 15 is 4.39 Å². The van der Waals surface area contributed by atoms with Crippen LogP contribution >= 0.6 is 0 Å². The van der Waals surface area contributed by atoms with E-state index in [1.165, 1.54) is 29.2 Å². The number of nitrogens with zero attached hydrogens (tertiary/aromatic N) is 3. The highest BCUT2D eigenvalue weighted by Crippen LogP contribution is 2.40. The van der Waals surface area contributed by atoms with E-state index in [0.29, 0.717) is 58.1 Å². The number of halogens is 1. The fraction of sp³-hybridized carbons (Fsp3) is 0.286. The average molecular weight is 839 g/mol. The molecule has 18 heteroatoms. The van der Waals surface area contributed by atoms with Crippen LogP contribution in [0, 0.1) is 5.82 Å². The average Bonchev–Trinajstić information content (AvgIpc) is 3.71. The third kappa shape index (κ3) is 8.22. The molecule has 310 valence electrons. The van der Waals surface area contributed by atoms with Gasteiger partial charge >= 0.3 is 10.2 Å². The minimum Gasteiger partial charge on any atom is -0.487 e. The van der Waals surface area contributed by atoms with Gasteiger partial charge in [0.1, 0.15) is 36.4 Å². The van der Waals surface area contributed by atoms with E-state index < -0.39 is 52.0 Å². The minimum atomic E-state index is -4.38. The zero-order valence-corrected chi connectivity index (χ0v) is 32.8. The zero-order chi connectivity index (χ0) is 42.1. The van der Waals surface area contributed by atoms with Crippen molar-refractivity contribution >= 4 is 68.2 Å². The number of hydrogen-bond acceptors (Lipinski definition) is 10. The van der Waals surface area contributed by atoms with Gasteiger partial charge in [-0.2, -0.15) is 8.42 Å². The molecule has 1 unspecified atom stereocenters. The third-order valence-electron chi connectivity index (χ3n) is 10.9. The summed E-state index contributed by atoms with van der Waals surface area (Å²) in [6.07, 6.45) is 4.13. The first-order chi connectivity index (χ1) is 28.8. The first-order valence-corrected chi connectivity index (χ1v) is 20.7. The van der Waals surface area contributed by atoms with Crippen molar-refractivity contribution in [2.75, 3.05) is 30.5 Å². The Morgan fingerprint density at radius 3 is 2.40 bits per heavy atom. The first kappa shape index (κ1) is 40.0. The molecule has 4 aromatic rings. The molecule has 3 saturated heterocycles. The van der Waals surface area contributed by atoms with Crippen molar-refractivity contribution in [2.45, 2.75) is 50.9 Å². The van der Waals surface area contributed by atoms with Crippen molar-refractivity contribution in [1.82, 2.24) is 25.2 Å². The molecule has 0 spiro atoms. The van der Waals surface area contributed by atoms with Gasteiger partial charge < -0.3 is 24.6 Å². The molecule has 0 aromatic heterocycles. The largest absolute Gasteiger partial charge is 0.487 e. The Bertz CT molecular complexity index is 2580. The lowest BCUT2D eigenvalue weighted by Gasteiger charge is -2.32. The van der Waals surface area contributed by atoms with Crippen LogP contribution < -0.4 is 29.1 Å². The van der Waals surface area contributed by atoms with Crippen LogP contribution in [-0.4, -0.2) is 92.0 Å². The lowest BCUT2D eigenvalue weighted by atomic mass is 10.0. The number of likely N-dealkylation sites (tertiary alicyclic amines) is 1. The lowest BCUT2D eigenvalue weighted by molar-refractivity contribution is -0.137. The van der Waals surface area contributed by atoms with Crippen LogP contribution in [-0.2, 0) is 47.3 Å². The molecule has 60 heavy (non-hydrogen) atoms. The molecule has 8 rings (SSSR count). The topological polar surface area (TPSA) is 201 Å². The summed E-state index contributed by atoms with van der Waals surface area (Å²) < 4.78 is 56.3. The van der Waals surface area contributed by atoms with E-state index in [4.69, 9.17) is 9.47 Å². The number of imide groups is 1. The highest BCUT2D eigenvalue weighted by molar-refractivity contribution is 7.92. The van der Waals surface area contributed by atoms with Crippen LogP contribution in [0.15, 0.2) is 78.9 Å². The summed E-state index contributed by atoms with van der Waals surface area (Å²) in [5.41, 5.74) is 1.75. The molecule has 4 aromatic carbocycles. The second-order valence-electron chi connectivity index (χ2n) is 14.8. The van der Waals surface area contributed by atoms with Gasteiger partial charge in [-0.05, 0) is 66.1 Å². The fourth-order valence-electron chi connectivity index (χ4n) is 7.78. The predicted octanol–water partition coefficient (Wildman–Crippen LogP) is 2.70. The van der Waals surface area contributed by atoms with E-state index in [-0.39, 0.29) is 67.5 Å². The Balaban J connectivity index is 0.867. The van der Waals surface area contributed by atoms with Crippen LogP contribution in [0.3, 0.4) is 0 Å². The van der Waals surface area contributed by atoms with Gasteiger partial charge in [-0.25, -0.2) is 13.4 Å². The minimum absolute atomic E-state index is 0.0174. The van der Waals surface area contributed by atoms with Gasteiger partial charge in [-0.3, -0.25) is 34.1 Å². The summed E-state index contributed by atoms with van der Waals surface area (Å²) in [7, 11) is -4.38. The smallest absolute Gasteiger partial charge is 0.326 e. The summed E-state index contributed by atoms with van der Waals surface area (Å²) in [5, 5.41) is 5.67. The second-order valence-corrected chi connectivity index (χ2v) is 16.4. The number of carbonyl (C=O) groups excluding carboxylic acids is 6. The highest BCUT2D eigenvalue weighted by atomic mass is 32.2. The van der Waals surface area contributed by atoms with Crippen molar-refractivity contribution < 1.29 is 51.0 Å². The number of nitrogens with one attached hydrogen (secondary N) is 3. The molecule has 4 aliphatic heterocycles. The van der Waals surface area contributed by atoms with Crippen LogP contribution in [0.4, 0.5) is 10.1 Å². The molecule has 0 radical (unpaired) electrons. The molecule has 0 aliphatic carbocycles. The van der Waals surface area contributed by atoms with Gasteiger partial charge in [0.05, 0.1) is 6.54 Å². The molecule has 6 amide bonds. The summed E-state index contributed by atoms with van der Waals surface area (Å²) in [4.78, 5) is 78.4. The van der Waals surface area contributed by atoms with E-state index in [1.807, 2.05) is 10.8 Å². The molecule has 3 N–H and O–H groups in total. The van der Waals surface area contributed by atoms with E-state index in [2.05, 4.69) is 10.6 Å². The molecule has 0 bridgehead atoms. The summed E-state index contributed by atoms with van der Waals surface area (Å²) in [6.45, 7) is -0.0438. The zero-order valence-electron chi connectivity index (χ0n) is 32.0. The van der Waals surface area contributed by atoms with Crippen LogP contribution in [0.1, 0.15) is 52.7 Å². The number of rotatable bonds is 11. The van der Waals surface area contributed by atoms with Gasteiger partial charge in [-0.15, -0.1) is 0 Å².